The molecule has 0 rings (SSSR count). The summed E-state index contributed by atoms with van der Waals surface area (Å²) in [5.74, 6) is -0.987. The Bertz CT molecular complexity index is 353. The van der Waals surface area contributed by atoms with Crippen LogP contribution in [0, 0.1) is 0 Å². The predicted molar refractivity (Wildman–Crippen MR) is 118 cm³/mol. The molecule has 0 aliphatic heterocycles. The summed E-state index contributed by atoms with van der Waals surface area (Å²) >= 11 is 0. The maximum atomic E-state index is 10.2. The average molecular weight is 392 g/mol. The van der Waals surface area contributed by atoms with Crippen molar-refractivity contribution in [3.8, 4) is 0 Å². The summed E-state index contributed by atoms with van der Waals surface area (Å²) in [5.41, 5.74) is 15.3. The van der Waals surface area contributed by atoms with Crippen molar-refractivity contribution in [2.24, 2.45) is 22.2 Å². The second-order valence-corrected chi connectivity index (χ2v) is 11.8. The van der Waals surface area contributed by atoms with E-state index < -0.39 is 19.3 Å². The minimum absolute atomic E-state index is 0.0129. The molecule has 0 radical (unpaired) electrons. The van der Waals surface area contributed by atoms with Crippen LogP contribution in [0.1, 0.15) is 72.1 Å². The van der Waals surface area contributed by atoms with Crippen molar-refractivity contribution in [3.05, 3.63) is 0 Å². The Morgan fingerprint density at radius 1 is 0.962 bits per heavy atom. The van der Waals surface area contributed by atoms with Crippen molar-refractivity contribution in [1.29, 1.82) is 0 Å². The van der Waals surface area contributed by atoms with E-state index in [-0.39, 0.29) is 5.96 Å². The molecule has 1 unspecified atom stereocenters. The third-order valence-electron chi connectivity index (χ3n) is 4.44. The lowest BCUT2D eigenvalue weighted by Gasteiger charge is -2.22. The molecule has 0 fully saturated rings. The summed E-state index contributed by atoms with van der Waals surface area (Å²) in [5, 5.41) is 8.38. The molecule has 0 bridgehead atoms. The fraction of sp³-hybridized carbons (Fsp3) is 0.895. The minimum atomic E-state index is -1.00. The van der Waals surface area contributed by atoms with Gasteiger partial charge in [0, 0.05) is 20.5 Å². The zero-order valence-electron chi connectivity index (χ0n) is 17.5. The summed E-state index contributed by atoms with van der Waals surface area (Å²) in [6, 6.07) is -0.820. The standard InChI is InChI=1S/C13H30P.C6H14N4O2/c1-5-8-11-14(4,12-9-6-2)13-10-7-3;7-4(5(11)12)2-1-3-10-6(8)9/h5-13H2,1-4H3;4H,1-3,7H2,(H,11,12)(H4,8,9,10)/q+1;. The smallest absolute Gasteiger partial charge is 0.320 e. The van der Waals surface area contributed by atoms with E-state index in [1.54, 1.807) is 18.5 Å². The lowest BCUT2D eigenvalue weighted by atomic mass is 10.2. The van der Waals surface area contributed by atoms with Crippen LogP contribution < -0.4 is 17.2 Å². The molecule has 0 amide bonds. The maximum Gasteiger partial charge on any atom is 0.320 e. The number of aliphatic imine (C=N–C) groups is 1. The average Bonchev–Trinajstić information content (AvgIpc) is 2.60. The van der Waals surface area contributed by atoms with E-state index in [9.17, 15) is 4.79 Å². The molecule has 0 aromatic heterocycles. The SMILES string of the molecule is CCCC[P+](C)(CCCC)CCCC.NC(N)=NCCCC(N)C(=O)O. The molecule has 0 aromatic carbocycles. The second kappa shape index (κ2) is 17.5. The number of nitrogens with two attached hydrogens (primary N) is 3. The van der Waals surface area contributed by atoms with Gasteiger partial charge < -0.3 is 22.3 Å². The summed E-state index contributed by atoms with van der Waals surface area (Å²) in [6.45, 7) is 10.0. The van der Waals surface area contributed by atoms with E-state index >= 15 is 0 Å². The first-order valence-electron chi connectivity index (χ1n) is 10.1. The fourth-order valence-electron chi connectivity index (χ4n) is 2.60. The summed E-state index contributed by atoms with van der Waals surface area (Å²) in [7, 11) is -0.519. The molecule has 7 heteroatoms. The monoisotopic (exact) mass is 391 g/mol. The van der Waals surface area contributed by atoms with Crippen LogP contribution in [0.4, 0.5) is 0 Å². The molecule has 7 N–H and O–H groups in total. The normalized spacial score (nSPS) is 12.0. The van der Waals surface area contributed by atoms with Gasteiger partial charge in [0.25, 0.3) is 0 Å². The molecule has 0 aromatic rings. The van der Waals surface area contributed by atoms with Crippen LogP contribution in [0.15, 0.2) is 4.99 Å². The summed E-state index contributed by atoms with van der Waals surface area (Å²) < 4.78 is 0. The Morgan fingerprint density at radius 2 is 1.38 bits per heavy atom. The Morgan fingerprint density at radius 3 is 1.69 bits per heavy atom. The van der Waals surface area contributed by atoms with Crippen LogP contribution in [0.25, 0.3) is 0 Å². The first-order valence-corrected chi connectivity index (χ1v) is 12.9. The summed E-state index contributed by atoms with van der Waals surface area (Å²) in [6.07, 6.45) is 14.2. The second-order valence-electron chi connectivity index (χ2n) is 7.24. The van der Waals surface area contributed by atoms with Crippen LogP contribution in [0.2, 0.25) is 0 Å². The molecule has 0 saturated heterocycles. The molecule has 1 atom stereocenters. The van der Waals surface area contributed by atoms with E-state index in [4.69, 9.17) is 22.3 Å². The van der Waals surface area contributed by atoms with Gasteiger partial charge in [0.15, 0.2) is 5.96 Å². The fourth-order valence-corrected chi connectivity index (χ4v) is 6.51. The van der Waals surface area contributed by atoms with Crippen molar-refractivity contribution in [1.82, 2.24) is 0 Å². The molecular weight excluding hydrogens is 347 g/mol. The molecule has 0 saturated carbocycles. The lowest BCUT2D eigenvalue weighted by molar-refractivity contribution is -0.138. The van der Waals surface area contributed by atoms with Crippen molar-refractivity contribution in [2.75, 3.05) is 31.7 Å². The Labute approximate surface area is 161 Å². The lowest BCUT2D eigenvalue weighted by Crippen LogP contribution is -2.30. The highest BCUT2D eigenvalue weighted by Crippen LogP contribution is 2.57. The molecule has 0 heterocycles. The van der Waals surface area contributed by atoms with E-state index in [0.717, 1.165) is 0 Å². The van der Waals surface area contributed by atoms with E-state index in [1.807, 2.05) is 0 Å². The van der Waals surface area contributed by atoms with Crippen LogP contribution >= 0.6 is 7.26 Å². The largest absolute Gasteiger partial charge is 0.480 e. The number of nitrogens with zero attached hydrogens (tertiary/aromatic N) is 1. The predicted octanol–water partition coefficient (Wildman–Crippen LogP) is 3.49. The third kappa shape index (κ3) is 17.9. The Hall–Kier alpha value is -0.870. The number of hydrogen-bond donors (Lipinski definition) is 4. The molecule has 0 aliphatic carbocycles. The van der Waals surface area contributed by atoms with Crippen molar-refractivity contribution in [3.63, 3.8) is 0 Å². The first kappa shape index (κ1) is 27.3. The van der Waals surface area contributed by atoms with E-state index in [1.165, 1.54) is 38.5 Å². The number of carboxylic acids is 1. The zero-order valence-corrected chi connectivity index (χ0v) is 18.4. The number of guanidine groups is 1. The topological polar surface area (TPSA) is 128 Å². The van der Waals surface area contributed by atoms with Crippen molar-refractivity contribution >= 4 is 19.2 Å². The van der Waals surface area contributed by atoms with Gasteiger partial charge >= 0.3 is 5.97 Å². The van der Waals surface area contributed by atoms with E-state index in [0.29, 0.717) is 19.4 Å². The molecule has 156 valence electrons. The zero-order chi connectivity index (χ0) is 20.4. The van der Waals surface area contributed by atoms with Gasteiger partial charge in [-0.15, -0.1) is 0 Å². The van der Waals surface area contributed by atoms with E-state index in [2.05, 4.69) is 32.4 Å². The van der Waals surface area contributed by atoms with Gasteiger partial charge in [0.2, 0.25) is 0 Å². The van der Waals surface area contributed by atoms with Gasteiger partial charge in [-0.05, 0) is 32.1 Å². The van der Waals surface area contributed by atoms with Crippen LogP contribution in [0.3, 0.4) is 0 Å². The highest BCUT2D eigenvalue weighted by atomic mass is 31.2. The summed E-state index contributed by atoms with van der Waals surface area (Å²) in [4.78, 5) is 13.9. The molecular formula is C19H44N4O2P+. The number of rotatable bonds is 14. The molecule has 26 heavy (non-hydrogen) atoms. The number of carbonyl (C=O) groups is 1. The third-order valence-corrected chi connectivity index (χ3v) is 8.63. The van der Waals surface area contributed by atoms with Crippen LogP contribution in [-0.2, 0) is 4.79 Å². The van der Waals surface area contributed by atoms with Gasteiger partial charge in [-0.3, -0.25) is 9.79 Å². The highest BCUT2D eigenvalue weighted by Gasteiger charge is 2.28. The number of hydrogen-bond acceptors (Lipinski definition) is 3. The number of unbranched alkanes of at least 4 members (excludes halogenated alkanes) is 3. The maximum absolute atomic E-state index is 10.2. The highest BCUT2D eigenvalue weighted by molar-refractivity contribution is 7.75. The van der Waals surface area contributed by atoms with Gasteiger partial charge in [-0.25, -0.2) is 0 Å². The van der Waals surface area contributed by atoms with Crippen LogP contribution in [-0.4, -0.2) is 54.8 Å². The van der Waals surface area contributed by atoms with Crippen molar-refractivity contribution < 1.29 is 9.90 Å². The van der Waals surface area contributed by atoms with Gasteiger partial charge in [-0.2, -0.15) is 0 Å². The van der Waals surface area contributed by atoms with Gasteiger partial charge in [0.05, 0.1) is 18.5 Å². The van der Waals surface area contributed by atoms with Gasteiger partial charge in [-0.1, -0.05) is 40.0 Å². The molecule has 0 aliphatic rings. The number of carboxylic acid groups (broad SMARTS) is 1. The molecule has 0 spiro atoms. The number of aliphatic carboxylic acids is 1. The minimum Gasteiger partial charge on any atom is -0.480 e. The van der Waals surface area contributed by atoms with Crippen molar-refractivity contribution in [2.45, 2.75) is 78.2 Å². The first-order chi connectivity index (χ1) is 12.2. The quantitative estimate of drug-likeness (QED) is 0.156. The van der Waals surface area contributed by atoms with Gasteiger partial charge in [0.1, 0.15) is 6.04 Å². The Kier molecular flexibility index (Phi) is 18.4. The van der Waals surface area contributed by atoms with Crippen LogP contribution in [0.5, 0.6) is 0 Å². The Balaban J connectivity index is 0. The molecule has 6 nitrogen and oxygen atoms in total.